The lowest BCUT2D eigenvalue weighted by molar-refractivity contribution is -0.563. The molecule has 0 aromatic heterocycles. The van der Waals surface area contributed by atoms with Gasteiger partial charge in [-0.2, -0.15) is 0 Å². The Morgan fingerprint density at radius 1 is 1.47 bits per heavy atom. The predicted molar refractivity (Wildman–Crippen MR) is 72.8 cm³/mol. The second-order valence-corrected chi connectivity index (χ2v) is 5.18. The third-order valence-electron chi connectivity index (χ3n) is 3.41. The number of aromatic hydroxyl groups is 1. The normalized spacial score (nSPS) is 18.6. The summed E-state index contributed by atoms with van der Waals surface area (Å²) < 4.78 is 0. The van der Waals surface area contributed by atoms with E-state index in [2.05, 4.69) is 17.9 Å². The summed E-state index contributed by atoms with van der Waals surface area (Å²) in [5.74, 6) is 1.26. The van der Waals surface area contributed by atoms with E-state index < -0.39 is 0 Å². The quantitative estimate of drug-likeness (QED) is 0.414. The smallest absolute Gasteiger partial charge is 0.137 e. The molecule has 1 heterocycles. The van der Waals surface area contributed by atoms with E-state index in [4.69, 9.17) is 11.6 Å². The molecule has 1 unspecified atom stereocenters. The lowest BCUT2D eigenvalue weighted by Gasteiger charge is -2.10. The van der Waals surface area contributed by atoms with Crippen LogP contribution in [0, 0.1) is 0 Å². The number of thiol groups is 1. The number of phenolic OH excluding ortho intramolecular Hbond substituents is 1. The van der Waals surface area contributed by atoms with E-state index in [1.807, 2.05) is 24.3 Å². The maximum absolute atomic E-state index is 10.0. The molecule has 4 heteroatoms. The van der Waals surface area contributed by atoms with Gasteiger partial charge in [0.05, 0.1) is 12.5 Å². The van der Waals surface area contributed by atoms with Crippen LogP contribution in [0.1, 0.15) is 11.5 Å². The second kappa shape index (κ2) is 4.09. The van der Waals surface area contributed by atoms with Crippen molar-refractivity contribution in [3.63, 3.8) is 0 Å². The average Bonchev–Trinajstić information content (AvgIpc) is 2.72. The molecule has 0 spiro atoms. The first kappa shape index (κ1) is 11.2. The fourth-order valence-electron chi connectivity index (χ4n) is 2.62. The van der Waals surface area contributed by atoms with Crippen molar-refractivity contribution in [3.8, 4) is 5.75 Å². The molecule has 0 aliphatic carbocycles. The Balaban J connectivity index is 2.43. The van der Waals surface area contributed by atoms with Gasteiger partial charge in [0.2, 0.25) is 0 Å². The minimum absolute atomic E-state index is 0.320. The topological polar surface area (TPSA) is 36.8 Å². The Kier molecular flexibility index (Phi) is 2.69. The van der Waals surface area contributed by atoms with E-state index in [1.165, 1.54) is 5.56 Å². The highest BCUT2D eigenvalue weighted by molar-refractivity contribution is 7.80. The molecule has 3 rings (SSSR count). The van der Waals surface area contributed by atoms with Crippen LogP contribution in [0.3, 0.4) is 0 Å². The number of halogens is 1. The first-order chi connectivity index (χ1) is 8.22. The number of nitrogens with two attached hydrogens (primary N) is 1. The van der Waals surface area contributed by atoms with Crippen molar-refractivity contribution in [1.82, 2.24) is 0 Å². The predicted octanol–water partition coefficient (Wildman–Crippen LogP) is 2.37. The third-order valence-corrected chi connectivity index (χ3v) is 4.15. The van der Waals surface area contributed by atoms with Crippen LogP contribution in [0.4, 0.5) is 5.69 Å². The first-order valence-electron chi connectivity index (χ1n) is 5.59. The van der Waals surface area contributed by atoms with Gasteiger partial charge in [-0.25, -0.2) is 0 Å². The van der Waals surface area contributed by atoms with Gasteiger partial charge in [0.1, 0.15) is 11.4 Å². The van der Waals surface area contributed by atoms with E-state index in [9.17, 15) is 5.11 Å². The molecule has 2 nitrogen and oxygen atoms in total. The molecule has 0 saturated heterocycles. The standard InChI is InChI=1S/C13H12ClNOS/c14-5-7-6-15-9-4-10(16)8-2-1-3-11(17)13(8)12(7)9/h1-4,7,15-17H,5-6H2/p+1. The summed E-state index contributed by atoms with van der Waals surface area (Å²) in [4.78, 5) is 0.903. The van der Waals surface area contributed by atoms with Gasteiger partial charge in [0, 0.05) is 33.2 Å². The number of benzene rings is 2. The highest BCUT2D eigenvalue weighted by atomic mass is 35.5. The van der Waals surface area contributed by atoms with E-state index in [0.29, 0.717) is 17.5 Å². The monoisotopic (exact) mass is 266 g/mol. The van der Waals surface area contributed by atoms with Crippen LogP contribution in [-0.2, 0) is 0 Å². The highest BCUT2D eigenvalue weighted by Crippen LogP contribution is 2.41. The summed E-state index contributed by atoms with van der Waals surface area (Å²) in [6.45, 7) is 0.944. The Morgan fingerprint density at radius 3 is 3.06 bits per heavy atom. The molecule has 0 amide bonds. The van der Waals surface area contributed by atoms with Gasteiger partial charge in [0.15, 0.2) is 0 Å². The molecule has 0 bridgehead atoms. The fraction of sp³-hybridized carbons (Fsp3) is 0.231. The molecular formula is C13H13ClNOS+. The van der Waals surface area contributed by atoms with Gasteiger partial charge in [-0.3, -0.25) is 0 Å². The van der Waals surface area contributed by atoms with E-state index in [-0.39, 0.29) is 0 Å². The highest BCUT2D eigenvalue weighted by Gasteiger charge is 2.30. The molecule has 2 aromatic carbocycles. The van der Waals surface area contributed by atoms with Gasteiger partial charge >= 0.3 is 0 Å². The van der Waals surface area contributed by atoms with Crippen LogP contribution in [-0.4, -0.2) is 17.5 Å². The summed E-state index contributed by atoms with van der Waals surface area (Å²) in [6.07, 6.45) is 0. The minimum atomic E-state index is 0.320. The Hall–Kier alpha value is -0.900. The van der Waals surface area contributed by atoms with Crippen LogP contribution in [0.2, 0.25) is 0 Å². The number of hydrogen-bond acceptors (Lipinski definition) is 2. The first-order valence-corrected chi connectivity index (χ1v) is 6.57. The minimum Gasteiger partial charge on any atom is -0.507 e. The number of phenols is 1. The Morgan fingerprint density at radius 2 is 2.29 bits per heavy atom. The summed E-state index contributed by atoms with van der Waals surface area (Å²) in [6, 6.07) is 7.62. The summed E-state index contributed by atoms with van der Waals surface area (Å²) in [5.41, 5.74) is 2.33. The van der Waals surface area contributed by atoms with E-state index in [0.717, 1.165) is 27.9 Å². The van der Waals surface area contributed by atoms with E-state index >= 15 is 0 Å². The molecule has 88 valence electrons. The maximum atomic E-state index is 10.0. The zero-order chi connectivity index (χ0) is 12.0. The number of rotatable bonds is 1. The van der Waals surface area contributed by atoms with Gasteiger partial charge in [-0.1, -0.05) is 12.1 Å². The molecule has 1 aliphatic rings. The molecule has 1 aliphatic heterocycles. The van der Waals surface area contributed by atoms with Gasteiger partial charge < -0.3 is 10.4 Å². The summed E-state index contributed by atoms with van der Waals surface area (Å²) in [7, 11) is 0. The van der Waals surface area contributed by atoms with Crippen molar-refractivity contribution in [1.29, 1.82) is 0 Å². The van der Waals surface area contributed by atoms with Crippen molar-refractivity contribution in [2.45, 2.75) is 10.8 Å². The number of hydrogen-bond donors (Lipinski definition) is 3. The lowest BCUT2D eigenvalue weighted by Crippen LogP contribution is -2.76. The van der Waals surface area contributed by atoms with Crippen LogP contribution in [0.15, 0.2) is 29.2 Å². The Bertz CT molecular complexity index is 599. The average molecular weight is 267 g/mol. The molecule has 17 heavy (non-hydrogen) atoms. The number of quaternary nitrogens is 1. The molecule has 0 fully saturated rings. The number of alkyl halides is 1. The zero-order valence-corrected chi connectivity index (χ0v) is 10.8. The Labute approximate surface area is 110 Å². The molecule has 0 radical (unpaired) electrons. The molecule has 0 saturated carbocycles. The molecule has 2 aromatic rings. The van der Waals surface area contributed by atoms with E-state index in [1.54, 1.807) is 0 Å². The largest absolute Gasteiger partial charge is 0.507 e. The van der Waals surface area contributed by atoms with Crippen molar-refractivity contribution in [3.05, 3.63) is 29.8 Å². The summed E-state index contributed by atoms with van der Waals surface area (Å²) in [5, 5.41) is 14.1. The lowest BCUT2D eigenvalue weighted by atomic mass is 9.95. The van der Waals surface area contributed by atoms with Gasteiger partial charge in [0.25, 0.3) is 0 Å². The SMILES string of the molecule is Oc1cc2c(c3c(S)cccc13)C(CCl)C[NH2+]2. The molecule has 1 atom stereocenters. The summed E-state index contributed by atoms with van der Waals surface area (Å²) >= 11 is 10.5. The molecule has 3 N–H and O–H groups in total. The number of fused-ring (bicyclic) bond motifs is 3. The zero-order valence-electron chi connectivity index (χ0n) is 9.15. The van der Waals surface area contributed by atoms with Gasteiger partial charge in [-0.15, -0.1) is 24.2 Å². The van der Waals surface area contributed by atoms with Crippen molar-refractivity contribution < 1.29 is 10.4 Å². The fourth-order valence-corrected chi connectivity index (χ4v) is 3.23. The van der Waals surface area contributed by atoms with Crippen molar-refractivity contribution in [2.75, 3.05) is 12.4 Å². The van der Waals surface area contributed by atoms with Crippen LogP contribution in [0.25, 0.3) is 10.8 Å². The van der Waals surface area contributed by atoms with Crippen LogP contribution >= 0.6 is 24.2 Å². The molecular weight excluding hydrogens is 254 g/mol. The third kappa shape index (κ3) is 1.61. The van der Waals surface area contributed by atoms with Crippen LogP contribution < -0.4 is 5.32 Å². The van der Waals surface area contributed by atoms with Crippen LogP contribution in [0.5, 0.6) is 5.75 Å². The van der Waals surface area contributed by atoms with Crippen molar-refractivity contribution >= 4 is 40.7 Å². The maximum Gasteiger partial charge on any atom is 0.137 e. The second-order valence-electron chi connectivity index (χ2n) is 4.39. The van der Waals surface area contributed by atoms with Gasteiger partial charge in [-0.05, 0) is 6.07 Å². The van der Waals surface area contributed by atoms with Crippen molar-refractivity contribution in [2.24, 2.45) is 0 Å².